The van der Waals surface area contributed by atoms with Crippen molar-refractivity contribution in [2.45, 2.75) is 19.0 Å². The quantitative estimate of drug-likeness (QED) is 0.630. The number of benzene rings is 1. The SMILES string of the molecule is O=C1NCCc2c1cc(-c1ccnc(-c3cccc(CCO)c3)c1)n2OC(=O)C(F)(F)F. The molecule has 0 saturated heterocycles. The molecular weight excluding hydrogens is 427 g/mol. The summed E-state index contributed by atoms with van der Waals surface area (Å²) in [4.78, 5) is 32.8. The Bertz CT molecular complexity index is 1190. The molecule has 0 radical (unpaired) electrons. The van der Waals surface area contributed by atoms with Crippen molar-refractivity contribution in [3.63, 3.8) is 0 Å². The van der Waals surface area contributed by atoms with Crippen LogP contribution >= 0.6 is 0 Å². The first kappa shape index (κ1) is 21.6. The average Bonchev–Trinajstić information content (AvgIpc) is 3.13. The molecule has 1 amide bonds. The van der Waals surface area contributed by atoms with E-state index in [1.54, 1.807) is 12.1 Å². The lowest BCUT2D eigenvalue weighted by Gasteiger charge is -2.17. The van der Waals surface area contributed by atoms with Crippen LogP contribution in [-0.4, -0.2) is 46.0 Å². The van der Waals surface area contributed by atoms with Crippen LogP contribution in [0.1, 0.15) is 21.6 Å². The zero-order valence-electron chi connectivity index (χ0n) is 16.6. The summed E-state index contributed by atoms with van der Waals surface area (Å²) >= 11 is 0. The highest BCUT2D eigenvalue weighted by molar-refractivity contribution is 5.98. The van der Waals surface area contributed by atoms with Gasteiger partial charge in [0.25, 0.3) is 5.91 Å². The number of pyridine rings is 1. The number of alkyl halides is 3. The minimum Gasteiger partial charge on any atom is -0.396 e. The summed E-state index contributed by atoms with van der Waals surface area (Å²) in [6.45, 7) is 0.195. The van der Waals surface area contributed by atoms with Gasteiger partial charge in [-0.2, -0.15) is 17.9 Å². The van der Waals surface area contributed by atoms with Gasteiger partial charge in [-0.15, -0.1) is 0 Å². The van der Waals surface area contributed by atoms with Gasteiger partial charge in [0, 0.05) is 36.9 Å². The molecule has 10 heteroatoms. The number of carbonyl (C=O) groups excluding carboxylic acids is 2. The third kappa shape index (κ3) is 4.22. The van der Waals surface area contributed by atoms with Gasteiger partial charge in [0.2, 0.25) is 0 Å². The molecular formula is C22H18F3N3O4. The number of nitrogens with one attached hydrogen (secondary N) is 1. The van der Waals surface area contributed by atoms with Crippen molar-refractivity contribution in [3.8, 4) is 22.5 Å². The van der Waals surface area contributed by atoms with Gasteiger partial charge >= 0.3 is 12.1 Å². The number of nitrogens with zero attached hydrogens (tertiary/aromatic N) is 2. The molecule has 0 aliphatic carbocycles. The zero-order chi connectivity index (χ0) is 22.9. The number of rotatable bonds is 5. The van der Waals surface area contributed by atoms with Crippen molar-refractivity contribution in [2.24, 2.45) is 0 Å². The van der Waals surface area contributed by atoms with Crippen molar-refractivity contribution < 1.29 is 32.7 Å². The lowest BCUT2D eigenvalue weighted by molar-refractivity contribution is -0.199. The van der Waals surface area contributed by atoms with Crippen LogP contribution in [0.2, 0.25) is 0 Å². The molecule has 166 valence electrons. The summed E-state index contributed by atoms with van der Waals surface area (Å²) in [5, 5.41) is 11.8. The summed E-state index contributed by atoms with van der Waals surface area (Å²) in [6, 6.07) is 11.9. The number of carbonyl (C=O) groups is 2. The minimum absolute atomic E-state index is 0.0113. The largest absolute Gasteiger partial charge is 0.493 e. The number of hydrogen-bond acceptors (Lipinski definition) is 5. The summed E-state index contributed by atoms with van der Waals surface area (Å²) in [5.74, 6) is -2.84. The van der Waals surface area contributed by atoms with Gasteiger partial charge in [0.05, 0.1) is 22.6 Å². The second kappa shape index (κ2) is 8.46. The zero-order valence-corrected chi connectivity index (χ0v) is 16.6. The molecule has 0 atom stereocenters. The van der Waals surface area contributed by atoms with E-state index in [-0.39, 0.29) is 36.5 Å². The smallest absolute Gasteiger partial charge is 0.396 e. The molecule has 0 bridgehead atoms. The van der Waals surface area contributed by atoms with Crippen LogP contribution in [0.25, 0.3) is 22.5 Å². The first-order valence-electron chi connectivity index (χ1n) is 9.77. The summed E-state index contributed by atoms with van der Waals surface area (Å²) < 4.78 is 39.4. The number of hydrogen-bond donors (Lipinski definition) is 2. The molecule has 2 N–H and O–H groups in total. The monoisotopic (exact) mass is 445 g/mol. The van der Waals surface area contributed by atoms with Gasteiger partial charge in [-0.1, -0.05) is 18.2 Å². The topological polar surface area (TPSA) is 93.5 Å². The molecule has 0 saturated carbocycles. The highest BCUT2D eigenvalue weighted by Crippen LogP contribution is 2.30. The maximum Gasteiger partial charge on any atom is 0.493 e. The lowest BCUT2D eigenvalue weighted by atomic mass is 10.0. The summed E-state index contributed by atoms with van der Waals surface area (Å²) in [7, 11) is 0. The van der Waals surface area contributed by atoms with Crippen molar-refractivity contribution >= 4 is 11.9 Å². The van der Waals surface area contributed by atoms with Gasteiger partial charge in [0.1, 0.15) is 0 Å². The Kier molecular flexibility index (Phi) is 5.70. The predicted octanol–water partition coefficient (Wildman–Crippen LogP) is 2.56. The van der Waals surface area contributed by atoms with Gasteiger partial charge in [0.15, 0.2) is 0 Å². The number of amides is 1. The van der Waals surface area contributed by atoms with E-state index in [4.69, 9.17) is 5.11 Å². The molecule has 4 rings (SSSR count). The fourth-order valence-electron chi connectivity index (χ4n) is 3.56. The Labute approximate surface area is 180 Å². The first-order valence-corrected chi connectivity index (χ1v) is 9.77. The highest BCUT2D eigenvalue weighted by atomic mass is 19.4. The normalized spacial score (nSPS) is 13.4. The molecule has 1 aliphatic heterocycles. The third-order valence-corrected chi connectivity index (χ3v) is 5.03. The van der Waals surface area contributed by atoms with E-state index in [9.17, 15) is 22.8 Å². The predicted molar refractivity (Wildman–Crippen MR) is 108 cm³/mol. The molecule has 1 aromatic carbocycles. The van der Waals surface area contributed by atoms with Gasteiger partial charge < -0.3 is 15.3 Å². The van der Waals surface area contributed by atoms with Crippen molar-refractivity contribution in [1.29, 1.82) is 0 Å². The Morgan fingerprint density at radius 3 is 2.75 bits per heavy atom. The van der Waals surface area contributed by atoms with Crippen LogP contribution in [0.5, 0.6) is 0 Å². The highest BCUT2D eigenvalue weighted by Gasteiger charge is 2.43. The van der Waals surface area contributed by atoms with E-state index in [2.05, 4.69) is 15.1 Å². The lowest BCUT2D eigenvalue weighted by Crippen LogP contribution is -2.37. The van der Waals surface area contributed by atoms with Gasteiger partial charge in [-0.3, -0.25) is 9.78 Å². The van der Waals surface area contributed by atoms with Crippen molar-refractivity contribution in [2.75, 3.05) is 13.2 Å². The van der Waals surface area contributed by atoms with Crippen LogP contribution in [0, 0.1) is 0 Å². The number of aromatic nitrogens is 2. The molecule has 3 aromatic rings. The summed E-state index contributed by atoms with van der Waals surface area (Å²) in [5.41, 5.74) is 3.03. The van der Waals surface area contributed by atoms with E-state index in [0.29, 0.717) is 17.7 Å². The Hall–Kier alpha value is -3.66. The number of halogens is 3. The molecule has 7 nitrogen and oxygen atoms in total. The maximum atomic E-state index is 12.9. The van der Waals surface area contributed by atoms with Crippen molar-refractivity contribution in [3.05, 3.63) is 65.5 Å². The number of aliphatic hydroxyl groups is 1. The van der Waals surface area contributed by atoms with E-state index in [1.165, 1.54) is 12.3 Å². The number of fused-ring (bicyclic) bond motifs is 1. The number of aliphatic hydroxyl groups excluding tert-OH is 1. The minimum atomic E-state index is -5.19. The van der Waals surface area contributed by atoms with Crippen LogP contribution in [-0.2, 0) is 17.6 Å². The molecule has 0 spiro atoms. The molecule has 0 fully saturated rings. The molecule has 2 aromatic heterocycles. The second-order valence-electron chi connectivity index (χ2n) is 7.17. The van der Waals surface area contributed by atoms with E-state index >= 15 is 0 Å². The Balaban J connectivity index is 1.80. The van der Waals surface area contributed by atoms with Gasteiger partial charge in [-0.25, -0.2) is 4.79 Å². The summed E-state index contributed by atoms with van der Waals surface area (Å²) in [6.07, 6.45) is -3.05. The average molecular weight is 445 g/mol. The molecule has 3 heterocycles. The molecule has 1 aliphatic rings. The fourth-order valence-corrected chi connectivity index (χ4v) is 3.56. The second-order valence-corrected chi connectivity index (χ2v) is 7.17. The maximum absolute atomic E-state index is 12.9. The molecule has 32 heavy (non-hydrogen) atoms. The van der Waals surface area contributed by atoms with E-state index < -0.39 is 18.1 Å². The van der Waals surface area contributed by atoms with E-state index in [1.807, 2.05) is 24.3 Å². The third-order valence-electron chi connectivity index (χ3n) is 5.03. The van der Waals surface area contributed by atoms with Crippen LogP contribution in [0.4, 0.5) is 13.2 Å². The Morgan fingerprint density at radius 1 is 1.19 bits per heavy atom. The van der Waals surface area contributed by atoms with Gasteiger partial charge in [-0.05, 0) is 36.2 Å². The first-order chi connectivity index (χ1) is 15.3. The van der Waals surface area contributed by atoms with Crippen molar-refractivity contribution in [1.82, 2.24) is 15.0 Å². The molecule has 0 unspecified atom stereocenters. The van der Waals surface area contributed by atoms with Crippen LogP contribution in [0.3, 0.4) is 0 Å². The Morgan fingerprint density at radius 2 is 2.00 bits per heavy atom. The van der Waals surface area contributed by atoms with Crippen LogP contribution < -0.4 is 10.2 Å². The van der Waals surface area contributed by atoms with E-state index in [0.717, 1.165) is 15.9 Å². The van der Waals surface area contributed by atoms with Crippen LogP contribution in [0.15, 0.2) is 48.7 Å². The standard InChI is InChI=1S/C22H18F3N3O4/c23-22(24,25)21(31)32-28-18-5-8-27-20(30)16(18)12-19(28)15-4-7-26-17(11-15)14-3-1-2-13(10-14)6-9-29/h1-4,7,10-12,29H,5-6,8-9H2,(H,27,30). The fraction of sp³-hybridized carbons (Fsp3) is 0.227.